The summed E-state index contributed by atoms with van der Waals surface area (Å²) in [5.41, 5.74) is 1.71. The Kier molecular flexibility index (Phi) is 6.16. The molecule has 0 bridgehead atoms. The van der Waals surface area contributed by atoms with Crippen LogP contribution >= 0.6 is 0 Å². The van der Waals surface area contributed by atoms with E-state index in [1.165, 1.54) is 0 Å². The number of hydrogen-bond acceptors (Lipinski definition) is 3. The molecule has 0 spiro atoms. The second-order valence-corrected chi connectivity index (χ2v) is 7.29. The fourth-order valence-corrected chi connectivity index (χ4v) is 3.47. The number of rotatable bonds is 8. The fourth-order valence-electron chi connectivity index (χ4n) is 3.47. The molecule has 1 fully saturated rings. The molecule has 4 N–H and O–H groups in total. The lowest BCUT2D eigenvalue weighted by Crippen LogP contribution is -2.49. The van der Waals surface area contributed by atoms with Crippen molar-refractivity contribution in [3.05, 3.63) is 70.8 Å². The molecule has 0 radical (unpaired) electrons. The third-order valence-electron chi connectivity index (χ3n) is 5.13. The highest BCUT2D eigenvalue weighted by Gasteiger charge is 2.44. The second-order valence-electron chi connectivity index (χ2n) is 7.29. The SMILES string of the molecule is C#Cc1cccc(C2(NC[C@@H](O)[C@H](Cc3cc(F)cc(F)c3)NC(=O)O)CC2)c1. The summed E-state index contributed by atoms with van der Waals surface area (Å²) in [7, 11) is 0. The number of aliphatic hydroxyl groups excluding tert-OH is 1. The average Bonchev–Trinajstić information content (AvgIpc) is 3.46. The van der Waals surface area contributed by atoms with Crippen LogP contribution < -0.4 is 10.6 Å². The Morgan fingerprint density at radius 1 is 1.21 bits per heavy atom. The van der Waals surface area contributed by atoms with Crippen molar-refractivity contribution in [3.63, 3.8) is 0 Å². The molecule has 1 aliphatic carbocycles. The molecule has 0 aliphatic heterocycles. The van der Waals surface area contributed by atoms with Crippen LogP contribution in [0.3, 0.4) is 0 Å². The highest BCUT2D eigenvalue weighted by molar-refractivity contribution is 5.65. The first kappa shape index (κ1) is 20.8. The summed E-state index contributed by atoms with van der Waals surface area (Å²) in [6.45, 7) is 0.100. The molecule has 5 nitrogen and oxygen atoms in total. The molecule has 2 atom stereocenters. The van der Waals surface area contributed by atoms with E-state index in [2.05, 4.69) is 16.6 Å². The minimum absolute atomic E-state index is 0.0522. The monoisotopic (exact) mass is 400 g/mol. The molecule has 0 aromatic heterocycles. The van der Waals surface area contributed by atoms with E-state index in [0.717, 1.165) is 42.2 Å². The maximum Gasteiger partial charge on any atom is 0.404 e. The number of amides is 1. The molecule has 1 saturated carbocycles. The Labute approximate surface area is 167 Å². The third-order valence-corrected chi connectivity index (χ3v) is 5.13. The van der Waals surface area contributed by atoms with E-state index in [4.69, 9.17) is 11.5 Å². The summed E-state index contributed by atoms with van der Waals surface area (Å²) < 4.78 is 26.9. The van der Waals surface area contributed by atoms with Crippen molar-refractivity contribution in [1.29, 1.82) is 0 Å². The van der Waals surface area contributed by atoms with Crippen molar-refractivity contribution < 1.29 is 23.8 Å². The number of nitrogens with one attached hydrogen (secondary N) is 2. The number of hydrogen-bond donors (Lipinski definition) is 4. The molecule has 29 heavy (non-hydrogen) atoms. The van der Waals surface area contributed by atoms with Crippen molar-refractivity contribution in [2.75, 3.05) is 6.54 Å². The van der Waals surface area contributed by atoms with E-state index >= 15 is 0 Å². The first-order valence-corrected chi connectivity index (χ1v) is 9.26. The van der Waals surface area contributed by atoms with Gasteiger partial charge in [0.15, 0.2) is 0 Å². The summed E-state index contributed by atoms with van der Waals surface area (Å²) in [5, 5.41) is 25.2. The van der Waals surface area contributed by atoms with E-state index < -0.39 is 29.9 Å². The van der Waals surface area contributed by atoms with Crippen LogP contribution in [0.5, 0.6) is 0 Å². The van der Waals surface area contributed by atoms with Crippen molar-refractivity contribution in [3.8, 4) is 12.3 Å². The second kappa shape index (κ2) is 8.60. The highest BCUT2D eigenvalue weighted by atomic mass is 19.1. The quantitative estimate of drug-likeness (QED) is 0.514. The summed E-state index contributed by atoms with van der Waals surface area (Å²) in [4.78, 5) is 11.1. The molecule has 0 heterocycles. The normalized spacial score (nSPS) is 16.5. The van der Waals surface area contributed by atoms with Crippen LogP contribution in [0, 0.1) is 24.0 Å². The predicted octanol–water partition coefficient (Wildman–Crippen LogP) is 2.76. The first-order valence-electron chi connectivity index (χ1n) is 9.26. The van der Waals surface area contributed by atoms with Gasteiger partial charge in [0.25, 0.3) is 0 Å². The van der Waals surface area contributed by atoms with Gasteiger partial charge in [0.05, 0.1) is 12.1 Å². The van der Waals surface area contributed by atoms with Crippen molar-refractivity contribution in [1.82, 2.24) is 10.6 Å². The smallest absolute Gasteiger partial charge is 0.404 e. The zero-order valence-electron chi connectivity index (χ0n) is 15.7. The molecule has 0 saturated heterocycles. The van der Waals surface area contributed by atoms with Crippen LogP contribution in [0.1, 0.15) is 29.5 Å². The topological polar surface area (TPSA) is 81.6 Å². The van der Waals surface area contributed by atoms with Gasteiger partial charge in [-0.1, -0.05) is 18.1 Å². The van der Waals surface area contributed by atoms with E-state index in [9.17, 15) is 18.7 Å². The lowest BCUT2D eigenvalue weighted by molar-refractivity contribution is 0.114. The van der Waals surface area contributed by atoms with Gasteiger partial charge in [-0.2, -0.15) is 0 Å². The van der Waals surface area contributed by atoms with E-state index in [1.54, 1.807) is 0 Å². The molecule has 7 heteroatoms. The summed E-state index contributed by atoms with van der Waals surface area (Å²) >= 11 is 0. The van der Waals surface area contributed by atoms with E-state index in [1.807, 2.05) is 24.3 Å². The van der Waals surface area contributed by atoms with Gasteiger partial charge in [-0.05, 0) is 54.7 Å². The lowest BCUT2D eigenvalue weighted by Gasteiger charge is -2.26. The molecule has 0 unspecified atom stereocenters. The molecule has 3 rings (SSSR count). The zero-order valence-corrected chi connectivity index (χ0v) is 15.7. The Hall–Kier alpha value is -2.95. The maximum atomic E-state index is 13.4. The Bertz CT molecular complexity index is 918. The molecule has 2 aromatic carbocycles. The van der Waals surface area contributed by atoms with Crippen molar-refractivity contribution in [2.24, 2.45) is 0 Å². The van der Waals surface area contributed by atoms with Gasteiger partial charge in [-0.25, -0.2) is 13.6 Å². The molecule has 152 valence electrons. The van der Waals surface area contributed by atoms with Crippen LogP contribution in [0.4, 0.5) is 13.6 Å². The van der Waals surface area contributed by atoms with Gasteiger partial charge in [-0.3, -0.25) is 0 Å². The molecule has 1 amide bonds. The van der Waals surface area contributed by atoms with Gasteiger partial charge in [-0.15, -0.1) is 6.42 Å². The predicted molar refractivity (Wildman–Crippen MR) is 104 cm³/mol. The summed E-state index contributed by atoms with van der Waals surface area (Å²) in [5.74, 6) is 1.08. The Morgan fingerprint density at radius 2 is 1.90 bits per heavy atom. The third kappa shape index (κ3) is 5.31. The number of carbonyl (C=O) groups is 1. The zero-order chi connectivity index (χ0) is 21.0. The van der Waals surface area contributed by atoms with Crippen LogP contribution in [0.2, 0.25) is 0 Å². The average molecular weight is 400 g/mol. The fraction of sp³-hybridized carbons (Fsp3) is 0.318. The Morgan fingerprint density at radius 3 is 2.48 bits per heavy atom. The minimum atomic E-state index is -1.33. The number of aliphatic hydroxyl groups is 1. The lowest BCUT2D eigenvalue weighted by atomic mass is 9.99. The molecular formula is C22H22F2N2O3. The maximum absolute atomic E-state index is 13.4. The number of terminal acetylenes is 1. The van der Waals surface area contributed by atoms with Crippen molar-refractivity contribution in [2.45, 2.75) is 36.9 Å². The van der Waals surface area contributed by atoms with Crippen molar-refractivity contribution >= 4 is 6.09 Å². The highest BCUT2D eigenvalue weighted by Crippen LogP contribution is 2.45. The van der Waals surface area contributed by atoms with Crippen LogP contribution in [-0.2, 0) is 12.0 Å². The summed E-state index contributed by atoms with van der Waals surface area (Å²) in [6, 6.07) is 9.61. The van der Waals surface area contributed by atoms with Crippen LogP contribution in [0.25, 0.3) is 0 Å². The number of benzene rings is 2. The van der Waals surface area contributed by atoms with Gasteiger partial charge < -0.3 is 20.8 Å². The van der Waals surface area contributed by atoms with Gasteiger partial charge in [0.2, 0.25) is 0 Å². The Balaban J connectivity index is 1.69. The van der Waals surface area contributed by atoms with Gasteiger partial charge >= 0.3 is 6.09 Å². The van der Waals surface area contributed by atoms with Crippen LogP contribution in [-0.4, -0.2) is 35.0 Å². The van der Waals surface area contributed by atoms with E-state index in [0.29, 0.717) is 0 Å². The standard InChI is InChI=1S/C22H22F2N2O3/c1-2-14-4-3-5-16(8-14)22(6-7-22)25-13-20(27)19(26-21(28)29)11-15-9-17(23)12-18(24)10-15/h1,3-5,8-10,12,19-20,25-27H,6-7,11,13H2,(H,28,29)/t19-,20+/m0/s1. The number of halogens is 2. The minimum Gasteiger partial charge on any atom is -0.465 e. The molecule has 1 aliphatic rings. The van der Waals surface area contributed by atoms with Crippen LogP contribution in [0.15, 0.2) is 42.5 Å². The van der Waals surface area contributed by atoms with Gasteiger partial charge in [0.1, 0.15) is 11.6 Å². The van der Waals surface area contributed by atoms with E-state index in [-0.39, 0.29) is 24.1 Å². The number of carboxylic acid groups (broad SMARTS) is 1. The molecular weight excluding hydrogens is 378 g/mol. The largest absolute Gasteiger partial charge is 0.465 e. The first-order chi connectivity index (χ1) is 13.8. The van der Waals surface area contributed by atoms with Gasteiger partial charge in [0, 0.05) is 23.7 Å². The molecule has 2 aromatic rings. The summed E-state index contributed by atoms with van der Waals surface area (Å²) in [6.07, 6.45) is 4.70.